The van der Waals surface area contributed by atoms with Crippen molar-refractivity contribution in [3.8, 4) is 11.6 Å². The second kappa shape index (κ2) is 6.22. The third-order valence-corrected chi connectivity index (χ3v) is 6.81. The van der Waals surface area contributed by atoms with Gasteiger partial charge in [-0.1, -0.05) is 24.4 Å². The highest BCUT2D eigenvalue weighted by Crippen LogP contribution is 2.38. The summed E-state index contributed by atoms with van der Waals surface area (Å²) in [6.45, 7) is 0. The molecular weight excluding hydrogens is 522 g/mol. The Labute approximate surface area is 152 Å². The molecule has 0 unspecified atom stereocenters. The lowest BCUT2D eigenvalue weighted by Crippen LogP contribution is -2.04. The lowest BCUT2D eigenvalue weighted by Gasteiger charge is -2.12. The molecule has 0 aromatic carbocycles. The van der Waals surface area contributed by atoms with Gasteiger partial charge in [0.2, 0.25) is 0 Å². The van der Waals surface area contributed by atoms with E-state index in [4.69, 9.17) is 21.0 Å². The minimum atomic E-state index is 0.489. The van der Waals surface area contributed by atoms with Crippen LogP contribution in [0.2, 0.25) is 5.15 Å². The molecule has 0 radical (unpaired) electrons. The largest absolute Gasteiger partial charge is 0.445 e. The summed E-state index contributed by atoms with van der Waals surface area (Å²) < 4.78 is 8.03. The Balaban J connectivity index is 2.08. The van der Waals surface area contributed by atoms with Crippen molar-refractivity contribution < 1.29 is 4.42 Å². The van der Waals surface area contributed by atoms with E-state index in [0.29, 0.717) is 27.3 Å². The number of halogens is 4. The maximum Gasteiger partial charge on any atom is 0.197 e. The van der Waals surface area contributed by atoms with Gasteiger partial charge in [-0.2, -0.15) is 0 Å². The summed E-state index contributed by atoms with van der Waals surface area (Å²) in [5.74, 6) is 1.65. The summed E-state index contributed by atoms with van der Waals surface area (Å²) >= 11 is 15.2. The van der Waals surface area contributed by atoms with E-state index in [1.165, 1.54) is 25.7 Å². The summed E-state index contributed by atoms with van der Waals surface area (Å²) in [6.07, 6.45) is 4.87. The van der Waals surface area contributed by atoms with E-state index < -0.39 is 0 Å². The van der Waals surface area contributed by atoms with E-state index >= 15 is 0 Å². The Bertz CT molecular complexity index is 637. The molecule has 106 valence electrons. The molecule has 0 aliphatic heterocycles. The first-order chi connectivity index (χ1) is 9.56. The predicted octanol–water partition coefficient (Wildman–Crippen LogP) is 6.18. The summed E-state index contributed by atoms with van der Waals surface area (Å²) in [7, 11) is 0. The molecule has 0 spiro atoms. The second-order valence-corrected chi connectivity index (χ2v) is 7.76. The van der Waals surface area contributed by atoms with Gasteiger partial charge < -0.3 is 4.42 Å². The molecule has 2 aromatic heterocycles. The molecule has 0 amide bonds. The first-order valence-electron chi connectivity index (χ1n) is 6.24. The molecule has 3 rings (SSSR count). The van der Waals surface area contributed by atoms with Crippen molar-refractivity contribution in [1.82, 2.24) is 9.97 Å². The van der Waals surface area contributed by atoms with E-state index in [2.05, 4.69) is 59.4 Å². The Kier molecular flexibility index (Phi) is 4.74. The molecule has 0 N–H and O–H groups in total. The van der Waals surface area contributed by atoms with Crippen LogP contribution in [0.25, 0.3) is 11.6 Å². The number of aromatic nitrogens is 2. The molecule has 0 bridgehead atoms. The van der Waals surface area contributed by atoms with Gasteiger partial charge in [0.15, 0.2) is 16.3 Å². The maximum absolute atomic E-state index is 6.27. The fourth-order valence-electron chi connectivity index (χ4n) is 2.47. The number of nitrogens with zero attached hydrogens (tertiary/aromatic N) is 2. The molecule has 2 aromatic rings. The fourth-order valence-corrected chi connectivity index (χ4v) is 3.91. The van der Waals surface area contributed by atoms with Crippen LogP contribution in [0, 0.1) is 3.57 Å². The number of hydrogen-bond acceptors (Lipinski definition) is 3. The van der Waals surface area contributed by atoms with E-state index in [-0.39, 0.29) is 0 Å². The van der Waals surface area contributed by atoms with Crippen molar-refractivity contribution in [2.24, 2.45) is 0 Å². The average molecular weight is 532 g/mol. The van der Waals surface area contributed by atoms with Crippen molar-refractivity contribution in [1.29, 1.82) is 0 Å². The van der Waals surface area contributed by atoms with E-state index in [1.54, 1.807) is 0 Å². The van der Waals surface area contributed by atoms with Crippen molar-refractivity contribution in [3.05, 3.63) is 29.6 Å². The highest BCUT2D eigenvalue weighted by molar-refractivity contribution is 14.1. The third-order valence-electron chi connectivity index (χ3n) is 3.44. The van der Waals surface area contributed by atoms with Gasteiger partial charge in [0, 0.05) is 12.0 Å². The molecule has 1 aliphatic rings. The average Bonchev–Trinajstić information content (AvgIpc) is 3.04. The van der Waals surface area contributed by atoms with Crippen LogP contribution in [0.5, 0.6) is 0 Å². The highest BCUT2D eigenvalue weighted by Gasteiger charge is 2.24. The van der Waals surface area contributed by atoms with E-state index in [1.807, 2.05) is 6.07 Å². The van der Waals surface area contributed by atoms with Crippen LogP contribution in [-0.2, 0) is 0 Å². The van der Waals surface area contributed by atoms with Crippen LogP contribution in [0.4, 0.5) is 0 Å². The lowest BCUT2D eigenvalue weighted by molar-refractivity contribution is 0.548. The Hall–Kier alpha value is 0.340. The minimum absolute atomic E-state index is 0.489. The zero-order valence-electron chi connectivity index (χ0n) is 10.3. The van der Waals surface area contributed by atoms with Gasteiger partial charge >= 0.3 is 0 Å². The van der Waals surface area contributed by atoms with Crippen molar-refractivity contribution in [2.45, 2.75) is 31.6 Å². The Morgan fingerprint density at radius 3 is 2.55 bits per heavy atom. The summed E-state index contributed by atoms with van der Waals surface area (Å²) in [4.78, 5) is 9.04. The molecular formula is C13H10Br2ClIN2O. The van der Waals surface area contributed by atoms with Gasteiger partial charge in [0.05, 0.1) is 13.7 Å². The van der Waals surface area contributed by atoms with Crippen LogP contribution < -0.4 is 0 Å². The molecule has 0 atom stereocenters. The SMILES string of the molecule is Clc1nc(-c2cc(Br)c(Br)o2)nc(C2CCCC2)c1I. The molecule has 1 aliphatic carbocycles. The monoisotopic (exact) mass is 530 g/mol. The van der Waals surface area contributed by atoms with E-state index in [0.717, 1.165) is 13.7 Å². The molecule has 3 nitrogen and oxygen atoms in total. The zero-order valence-corrected chi connectivity index (χ0v) is 16.4. The lowest BCUT2D eigenvalue weighted by atomic mass is 10.0. The molecule has 2 heterocycles. The number of furan rings is 1. The van der Waals surface area contributed by atoms with Crippen LogP contribution in [0.15, 0.2) is 19.6 Å². The Morgan fingerprint density at radius 1 is 1.25 bits per heavy atom. The van der Waals surface area contributed by atoms with Crippen molar-refractivity contribution in [2.75, 3.05) is 0 Å². The second-order valence-electron chi connectivity index (χ2n) is 4.75. The molecule has 20 heavy (non-hydrogen) atoms. The number of hydrogen-bond donors (Lipinski definition) is 0. The first kappa shape index (κ1) is 15.2. The third kappa shape index (κ3) is 2.94. The van der Waals surface area contributed by atoms with Crippen LogP contribution in [0.3, 0.4) is 0 Å². The zero-order chi connectivity index (χ0) is 14.3. The highest BCUT2D eigenvalue weighted by atomic mass is 127. The van der Waals surface area contributed by atoms with Crippen molar-refractivity contribution >= 4 is 66.1 Å². The smallest absolute Gasteiger partial charge is 0.197 e. The Morgan fingerprint density at radius 2 is 1.95 bits per heavy atom. The summed E-state index contributed by atoms with van der Waals surface area (Å²) in [5.41, 5.74) is 1.06. The molecule has 7 heteroatoms. The summed E-state index contributed by atoms with van der Waals surface area (Å²) in [6, 6.07) is 1.85. The van der Waals surface area contributed by atoms with Gasteiger partial charge in [0.1, 0.15) is 5.15 Å². The van der Waals surface area contributed by atoms with Gasteiger partial charge in [-0.15, -0.1) is 0 Å². The van der Waals surface area contributed by atoms with Crippen LogP contribution in [0.1, 0.15) is 37.3 Å². The van der Waals surface area contributed by atoms with E-state index in [9.17, 15) is 0 Å². The number of rotatable bonds is 2. The van der Waals surface area contributed by atoms with Gasteiger partial charge in [-0.3, -0.25) is 0 Å². The predicted molar refractivity (Wildman–Crippen MR) is 94.1 cm³/mol. The van der Waals surface area contributed by atoms with Gasteiger partial charge in [0.25, 0.3) is 0 Å². The standard InChI is InChI=1S/C13H10Br2ClIN2O/c14-7-5-8(20-11(7)15)13-18-10(6-3-1-2-4-6)9(17)12(16)19-13/h5-6H,1-4H2. The van der Waals surface area contributed by atoms with Crippen LogP contribution >= 0.6 is 66.1 Å². The minimum Gasteiger partial charge on any atom is -0.445 e. The van der Waals surface area contributed by atoms with Crippen LogP contribution in [-0.4, -0.2) is 9.97 Å². The topological polar surface area (TPSA) is 38.9 Å². The first-order valence-corrected chi connectivity index (χ1v) is 9.28. The normalized spacial score (nSPS) is 16.0. The molecule has 0 saturated heterocycles. The molecule has 1 fully saturated rings. The fraction of sp³-hybridized carbons (Fsp3) is 0.385. The van der Waals surface area contributed by atoms with Gasteiger partial charge in [-0.05, 0) is 67.3 Å². The van der Waals surface area contributed by atoms with Gasteiger partial charge in [-0.25, -0.2) is 9.97 Å². The quantitative estimate of drug-likeness (QED) is 0.343. The van der Waals surface area contributed by atoms with Crippen molar-refractivity contribution in [3.63, 3.8) is 0 Å². The summed E-state index contributed by atoms with van der Waals surface area (Å²) in [5, 5.41) is 0.501. The molecule has 1 saturated carbocycles. The maximum atomic E-state index is 6.27.